The second-order valence-corrected chi connectivity index (χ2v) is 6.10. The molecular formula is C14H24N2O5. The average Bonchev–Trinajstić information content (AvgIpc) is 2.88. The second kappa shape index (κ2) is 6.19. The zero-order valence-corrected chi connectivity index (χ0v) is 12.6. The van der Waals surface area contributed by atoms with Gasteiger partial charge < -0.3 is 24.7 Å². The van der Waals surface area contributed by atoms with Crippen LogP contribution in [0.1, 0.15) is 26.7 Å². The number of likely N-dealkylation sites (tertiary alicyclic amines) is 1. The number of hydrogen-bond donors (Lipinski definition) is 2. The number of piperidine rings is 1. The fraction of sp³-hybridized carbons (Fsp3) is 0.857. The third-order valence-corrected chi connectivity index (χ3v) is 4.47. The van der Waals surface area contributed by atoms with Crippen molar-refractivity contribution in [3.63, 3.8) is 0 Å². The molecule has 2 saturated heterocycles. The van der Waals surface area contributed by atoms with Gasteiger partial charge in [-0.25, -0.2) is 4.79 Å². The third kappa shape index (κ3) is 3.47. The molecule has 2 rings (SSSR count). The summed E-state index contributed by atoms with van der Waals surface area (Å²) >= 11 is 0. The minimum Gasteiger partial charge on any atom is -0.481 e. The maximum Gasteiger partial charge on any atom is 0.320 e. The lowest BCUT2D eigenvalue weighted by atomic mass is 9.94. The number of carbonyl (C=O) groups is 2. The van der Waals surface area contributed by atoms with Crippen LogP contribution in [0.25, 0.3) is 0 Å². The lowest BCUT2D eigenvalue weighted by molar-refractivity contribution is -0.142. The number of urea groups is 1. The number of likely N-dealkylation sites (N-methyl/N-ethyl adjacent to an activating group) is 1. The molecule has 0 spiro atoms. The summed E-state index contributed by atoms with van der Waals surface area (Å²) in [6.45, 7) is 5.47. The van der Waals surface area contributed by atoms with Gasteiger partial charge in [-0.1, -0.05) is 0 Å². The average molecular weight is 300 g/mol. The molecule has 0 aromatic rings. The summed E-state index contributed by atoms with van der Waals surface area (Å²) in [5.41, 5.74) is -0.714. The highest BCUT2D eigenvalue weighted by molar-refractivity contribution is 5.77. The van der Waals surface area contributed by atoms with Gasteiger partial charge >= 0.3 is 12.0 Å². The number of carbonyl (C=O) groups excluding carboxylic acids is 1. The highest BCUT2D eigenvalue weighted by Crippen LogP contribution is 2.25. The first kappa shape index (κ1) is 16.0. The maximum atomic E-state index is 12.6. The molecule has 120 valence electrons. The van der Waals surface area contributed by atoms with E-state index in [1.807, 2.05) is 6.92 Å². The molecule has 2 heterocycles. The number of carboxylic acid groups (broad SMARTS) is 1. The van der Waals surface area contributed by atoms with E-state index < -0.39 is 23.5 Å². The lowest BCUT2D eigenvalue weighted by Gasteiger charge is -2.40. The number of ether oxygens (including phenoxy) is 1. The second-order valence-electron chi connectivity index (χ2n) is 6.10. The molecule has 2 amide bonds. The smallest absolute Gasteiger partial charge is 0.320 e. The molecule has 2 unspecified atom stereocenters. The monoisotopic (exact) mass is 300 g/mol. The van der Waals surface area contributed by atoms with Gasteiger partial charge in [-0.2, -0.15) is 0 Å². The fourth-order valence-electron chi connectivity index (χ4n) is 2.96. The van der Waals surface area contributed by atoms with Crippen molar-refractivity contribution in [3.8, 4) is 0 Å². The minimum absolute atomic E-state index is 0.151. The van der Waals surface area contributed by atoms with Gasteiger partial charge in [0.05, 0.1) is 24.9 Å². The van der Waals surface area contributed by atoms with Gasteiger partial charge in [-0.3, -0.25) is 4.79 Å². The molecule has 0 radical (unpaired) electrons. The summed E-state index contributed by atoms with van der Waals surface area (Å²) in [5.74, 6) is -1.59. The molecule has 21 heavy (non-hydrogen) atoms. The zero-order valence-electron chi connectivity index (χ0n) is 12.6. The van der Waals surface area contributed by atoms with Crippen molar-refractivity contribution in [1.82, 2.24) is 9.80 Å². The van der Waals surface area contributed by atoms with Gasteiger partial charge in [0.15, 0.2) is 0 Å². The molecule has 0 saturated carbocycles. The number of aliphatic carboxylic acids is 1. The van der Waals surface area contributed by atoms with Crippen LogP contribution in [0.15, 0.2) is 0 Å². The quantitative estimate of drug-likeness (QED) is 0.786. The van der Waals surface area contributed by atoms with Crippen LogP contribution in [0.2, 0.25) is 0 Å². The normalized spacial score (nSPS) is 28.4. The van der Waals surface area contributed by atoms with Crippen LogP contribution >= 0.6 is 0 Å². The largest absolute Gasteiger partial charge is 0.481 e. The van der Waals surface area contributed by atoms with Gasteiger partial charge in [0.1, 0.15) is 5.92 Å². The van der Waals surface area contributed by atoms with E-state index in [0.29, 0.717) is 32.5 Å². The Labute approximate surface area is 124 Å². The summed E-state index contributed by atoms with van der Waals surface area (Å²) < 4.78 is 5.25. The Morgan fingerprint density at radius 3 is 2.48 bits per heavy atom. The molecule has 2 atom stereocenters. The van der Waals surface area contributed by atoms with Gasteiger partial charge in [0.2, 0.25) is 0 Å². The molecule has 7 heteroatoms. The van der Waals surface area contributed by atoms with Crippen LogP contribution < -0.4 is 0 Å². The summed E-state index contributed by atoms with van der Waals surface area (Å²) in [5, 5.41) is 19.2. The van der Waals surface area contributed by atoms with Gasteiger partial charge in [0, 0.05) is 19.6 Å². The van der Waals surface area contributed by atoms with Gasteiger partial charge in [-0.15, -0.1) is 0 Å². The Kier molecular flexibility index (Phi) is 4.73. The summed E-state index contributed by atoms with van der Waals surface area (Å²) in [6.07, 6.45) is 1.08. The molecule has 7 nitrogen and oxygen atoms in total. The van der Waals surface area contributed by atoms with Crippen molar-refractivity contribution in [2.75, 3.05) is 32.8 Å². The molecule has 0 aromatic carbocycles. The first-order chi connectivity index (χ1) is 9.85. The number of rotatable bonds is 3. The highest BCUT2D eigenvalue weighted by Gasteiger charge is 2.41. The van der Waals surface area contributed by atoms with Crippen LogP contribution in [0.5, 0.6) is 0 Å². The van der Waals surface area contributed by atoms with Crippen LogP contribution in [-0.2, 0) is 9.53 Å². The highest BCUT2D eigenvalue weighted by atomic mass is 16.5. The standard InChI is InChI=1S/C14H24N2O5/c1-3-16(11-9-21-8-10(11)12(17)18)13(19)15-6-4-14(2,20)5-7-15/h10-11,20H,3-9H2,1-2H3,(H,17,18). The minimum atomic E-state index is -0.926. The van der Waals surface area contributed by atoms with Crippen LogP contribution in [-0.4, -0.2) is 76.5 Å². The molecule has 2 aliphatic heterocycles. The maximum absolute atomic E-state index is 12.6. The van der Waals surface area contributed by atoms with E-state index >= 15 is 0 Å². The number of amides is 2. The zero-order chi connectivity index (χ0) is 15.6. The first-order valence-electron chi connectivity index (χ1n) is 7.44. The van der Waals surface area contributed by atoms with Crippen molar-refractivity contribution in [3.05, 3.63) is 0 Å². The Morgan fingerprint density at radius 1 is 1.33 bits per heavy atom. The Morgan fingerprint density at radius 2 is 1.95 bits per heavy atom. The number of nitrogens with zero attached hydrogens (tertiary/aromatic N) is 2. The Hall–Kier alpha value is -1.34. The van der Waals surface area contributed by atoms with E-state index in [2.05, 4.69) is 0 Å². The molecule has 2 fully saturated rings. The van der Waals surface area contributed by atoms with E-state index in [4.69, 9.17) is 4.74 Å². The van der Waals surface area contributed by atoms with Crippen LogP contribution in [0, 0.1) is 5.92 Å². The lowest BCUT2D eigenvalue weighted by Crippen LogP contribution is -2.55. The fourth-order valence-corrected chi connectivity index (χ4v) is 2.96. The van der Waals surface area contributed by atoms with E-state index in [1.165, 1.54) is 0 Å². The number of hydrogen-bond acceptors (Lipinski definition) is 4. The molecule has 0 bridgehead atoms. The third-order valence-electron chi connectivity index (χ3n) is 4.47. The topological polar surface area (TPSA) is 90.3 Å². The van der Waals surface area contributed by atoms with Crippen molar-refractivity contribution < 1.29 is 24.5 Å². The molecule has 0 aliphatic carbocycles. The van der Waals surface area contributed by atoms with Crippen molar-refractivity contribution in [1.29, 1.82) is 0 Å². The number of carboxylic acids is 1. The summed E-state index contributed by atoms with van der Waals surface area (Å²) in [4.78, 5) is 27.2. The molecular weight excluding hydrogens is 276 g/mol. The van der Waals surface area contributed by atoms with E-state index in [9.17, 15) is 19.8 Å². The van der Waals surface area contributed by atoms with Crippen molar-refractivity contribution in [2.24, 2.45) is 5.92 Å². The summed E-state index contributed by atoms with van der Waals surface area (Å²) in [7, 11) is 0. The predicted molar refractivity (Wildman–Crippen MR) is 74.9 cm³/mol. The molecule has 0 aromatic heterocycles. The summed E-state index contributed by atoms with van der Waals surface area (Å²) in [6, 6.07) is -0.572. The Balaban J connectivity index is 2.03. The van der Waals surface area contributed by atoms with Crippen LogP contribution in [0.3, 0.4) is 0 Å². The van der Waals surface area contributed by atoms with Crippen LogP contribution in [0.4, 0.5) is 4.79 Å². The van der Waals surface area contributed by atoms with E-state index in [0.717, 1.165) is 0 Å². The first-order valence-corrected chi connectivity index (χ1v) is 7.44. The SMILES string of the molecule is CCN(C(=O)N1CCC(C)(O)CC1)C1COCC1C(=O)O. The van der Waals surface area contributed by atoms with Crippen molar-refractivity contribution in [2.45, 2.75) is 38.3 Å². The Bertz CT molecular complexity index is 402. The predicted octanol–water partition coefficient (Wildman–Crippen LogP) is 0.375. The molecule has 2 N–H and O–H groups in total. The van der Waals surface area contributed by atoms with Gasteiger partial charge in [-0.05, 0) is 26.7 Å². The molecule has 2 aliphatic rings. The van der Waals surface area contributed by atoms with Gasteiger partial charge in [0.25, 0.3) is 0 Å². The number of aliphatic hydroxyl groups is 1. The van der Waals surface area contributed by atoms with Crippen molar-refractivity contribution >= 4 is 12.0 Å². The van der Waals surface area contributed by atoms with E-state index in [1.54, 1.807) is 16.7 Å². The van der Waals surface area contributed by atoms with E-state index in [-0.39, 0.29) is 19.2 Å².